The molecule has 0 saturated heterocycles. The van der Waals surface area contributed by atoms with Gasteiger partial charge in [0, 0.05) is 12.1 Å². The average molecular weight is 243 g/mol. The molecule has 0 spiro atoms. The van der Waals surface area contributed by atoms with Crippen molar-refractivity contribution in [2.75, 3.05) is 0 Å². The highest BCUT2D eigenvalue weighted by atomic mass is 14.6. The Balaban J connectivity index is 3.01. The van der Waals surface area contributed by atoms with Gasteiger partial charge in [0.15, 0.2) is 0 Å². The van der Waals surface area contributed by atoms with Gasteiger partial charge in [-0.2, -0.15) is 0 Å². The molecule has 98 valence electrons. The van der Waals surface area contributed by atoms with Crippen molar-refractivity contribution >= 4 is 6.72 Å². The van der Waals surface area contributed by atoms with Crippen molar-refractivity contribution in [2.24, 2.45) is 10.9 Å². The minimum atomic E-state index is 0.441. The molecular weight excluding hydrogens is 218 g/mol. The Bertz CT molecular complexity index is 382. The average Bonchev–Trinajstić information content (AvgIpc) is 2.34. The van der Waals surface area contributed by atoms with Crippen LogP contribution in [0.4, 0.5) is 0 Å². The van der Waals surface area contributed by atoms with Crippen LogP contribution < -0.4 is 0 Å². The lowest BCUT2D eigenvalue weighted by molar-refractivity contribution is 0.564. The van der Waals surface area contributed by atoms with Crippen molar-refractivity contribution in [3.8, 4) is 0 Å². The SMILES string of the molecule is C=N/C=C(\C(=C)C)C1CCCCC/C=C\C=C/1C. The normalized spacial score (nSPS) is 26.9. The van der Waals surface area contributed by atoms with E-state index in [0.717, 1.165) is 5.57 Å². The van der Waals surface area contributed by atoms with Gasteiger partial charge in [0.25, 0.3) is 0 Å². The van der Waals surface area contributed by atoms with Crippen LogP contribution in [0.3, 0.4) is 0 Å². The summed E-state index contributed by atoms with van der Waals surface area (Å²) in [6, 6.07) is 0. The molecule has 0 aromatic heterocycles. The summed E-state index contributed by atoms with van der Waals surface area (Å²) >= 11 is 0. The molecule has 0 saturated carbocycles. The number of allylic oxidation sites excluding steroid dienone is 6. The minimum absolute atomic E-state index is 0.441. The monoisotopic (exact) mass is 243 g/mol. The highest BCUT2D eigenvalue weighted by Crippen LogP contribution is 2.31. The highest BCUT2D eigenvalue weighted by molar-refractivity contribution is 5.37. The fourth-order valence-corrected chi connectivity index (χ4v) is 2.44. The van der Waals surface area contributed by atoms with Gasteiger partial charge in [-0.25, -0.2) is 0 Å². The van der Waals surface area contributed by atoms with E-state index in [9.17, 15) is 0 Å². The summed E-state index contributed by atoms with van der Waals surface area (Å²) in [5.41, 5.74) is 3.72. The molecule has 18 heavy (non-hydrogen) atoms. The largest absolute Gasteiger partial charge is 0.272 e. The van der Waals surface area contributed by atoms with Gasteiger partial charge in [-0.1, -0.05) is 48.8 Å². The smallest absolute Gasteiger partial charge is 0.0301 e. The molecule has 0 aromatic rings. The van der Waals surface area contributed by atoms with E-state index in [-0.39, 0.29) is 0 Å². The fourth-order valence-electron chi connectivity index (χ4n) is 2.44. The van der Waals surface area contributed by atoms with E-state index in [0.29, 0.717) is 5.92 Å². The molecule has 1 rings (SSSR count). The first kappa shape index (κ1) is 14.7. The second-order valence-electron chi connectivity index (χ2n) is 5.08. The van der Waals surface area contributed by atoms with Gasteiger partial charge in [-0.15, -0.1) is 0 Å². The van der Waals surface area contributed by atoms with E-state index in [1.54, 1.807) is 0 Å². The summed E-state index contributed by atoms with van der Waals surface area (Å²) in [4.78, 5) is 3.94. The Morgan fingerprint density at radius 2 is 2.17 bits per heavy atom. The van der Waals surface area contributed by atoms with Gasteiger partial charge in [0.05, 0.1) is 0 Å². The first-order valence-corrected chi connectivity index (χ1v) is 6.82. The Kier molecular flexibility index (Phi) is 6.42. The van der Waals surface area contributed by atoms with Gasteiger partial charge in [-0.05, 0) is 45.4 Å². The van der Waals surface area contributed by atoms with Crippen LogP contribution in [-0.4, -0.2) is 6.72 Å². The second-order valence-corrected chi connectivity index (χ2v) is 5.08. The van der Waals surface area contributed by atoms with E-state index in [1.165, 1.54) is 43.3 Å². The predicted molar refractivity (Wildman–Crippen MR) is 81.9 cm³/mol. The molecular formula is C17H25N. The summed E-state index contributed by atoms with van der Waals surface area (Å²) in [6.07, 6.45) is 14.8. The zero-order valence-corrected chi connectivity index (χ0v) is 11.8. The second kappa shape index (κ2) is 7.86. The zero-order chi connectivity index (χ0) is 13.4. The number of aliphatic imine (C=N–C) groups is 1. The quantitative estimate of drug-likeness (QED) is 0.475. The summed E-state index contributed by atoms with van der Waals surface area (Å²) < 4.78 is 0. The molecule has 1 nitrogen and oxygen atoms in total. The molecule has 1 aliphatic carbocycles. The summed E-state index contributed by atoms with van der Waals surface area (Å²) in [6.45, 7) is 11.9. The van der Waals surface area contributed by atoms with E-state index >= 15 is 0 Å². The maximum Gasteiger partial charge on any atom is 0.0301 e. The molecule has 0 radical (unpaired) electrons. The molecule has 0 N–H and O–H groups in total. The van der Waals surface area contributed by atoms with Crippen LogP contribution in [0.15, 0.2) is 52.7 Å². The van der Waals surface area contributed by atoms with Crippen LogP contribution in [0.2, 0.25) is 0 Å². The third-order valence-corrected chi connectivity index (χ3v) is 3.51. The van der Waals surface area contributed by atoms with E-state index in [2.05, 4.69) is 50.4 Å². The molecule has 0 aliphatic heterocycles. The lowest BCUT2D eigenvalue weighted by Gasteiger charge is -2.22. The van der Waals surface area contributed by atoms with Crippen LogP contribution in [0, 0.1) is 5.92 Å². The molecule has 1 heteroatoms. The van der Waals surface area contributed by atoms with Crippen molar-refractivity contribution in [3.05, 3.63) is 47.7 Å². The molecule has 0 fully saturated rings. The molecule has 0 bridgehead atoms. The number of rotatable bonds is 3. The Morgan fingerprint density at radius 3 is 2.83 bits per heavy atom. The Hall–Kier alpha value is -1.37. The van der Waals surface area contributed by atoms with Crippen LogP contribution in [0.25, 0.3) is 0 Å². The maximum absolute atomic E-state index is 4.08. The van der Waals surface area contributed by atoms with Crippen molar-refractivity contribution in [2.45, 2.75) is 46.0 Å². The lowest BCUT2D eigenvalue weighted by atomic mass is 9.83. The van der Waals surface area contributed by atoms with Gasteiger partial charge in [0.2, 0.25) is 0 Å². The summed E-state index contributed by atoms with van der Waals surface area (Å²) in [5.74, 6) is 0.441. The first-order valence-electron chi connectivity index (χ1n) is 6.82. The number of hydrogen-bond donors (Lipinski definition) is 0. The van der Waals surface area contributed by atoms with E-state index in [4.69, 9.17) is 0 Å². The Morgan fingerprint density at radius 1 is 1.39 bits per heavy atom. The van der Waals surface area contributed by atoms with E-state index in [1.807, 2.05) is 6.20 Å². The third-order valence-electron chi connectivity index (χ3n) is 3.51. The van der Waals surface area contributed by atoms with Crippen LogP contribution >= 0.6 is 0 Å². The number of nitrogens with zero attached hydrogens (tertiary/aromatic N) is 1. The minimum Gasteiger partial charge on any atom is -0.272 e. The van der Waals surface area contributed by atoms with Crippen LogP contribution in [-0.2, 0) is 0 Å². The maximum atomic E-state index is 4.08. The van der Waals surface area contributed by atoms with Gasteiger partial charge < -0.3 is 0 Å². The third kappa shape index (κ3) is 4.48. The van der Waals surface area contributed by atoms with Crippen molar-refractivity contribution in [1.29, 1.82) is 0 Å². The molecule has 0 aromatic carbocycles. The van der Waals surface area contributed by atoms with Crippen LogP contribution in [0.5, 0.6) is 0 Å². The van der Waals surface area contributed by atoms with Gasteiger partial charge >= 0.3 is 0 Å². The van der Waals surface area contributed by atoms with Crippen molar-refractivity contribution in [3.63, 3.8) is 0 Å². The van der Waals surface area contributed by atoms with Crippen LogP contribution in [0.1, 0.15) is 46.0 Å². The standard InChI is InChI=1S/C17H25N/c1-14(2)17(13-18-4)16-12-10-8-6-5-7-9-11-15(16)3/h7,9,11,13,16H,1,4-6,8,10,12H2,2-3H3/b9-7-,15-11-,17-13+. The van der Waals surface area contributed by atoms with Gasteiger partial charge in [0.1, 0.15) is 0 Å². The molecule has 1 unspecified atom stereocenters. The van der Waals surface area contributed by atoms with Gasteiger partial charge in [-0.3, -0.25) is 4.99 Å². The Labute approximate surface area is 112 Å². The van der Waals surface area contributed by atoms with Crippen molar-refractivity contribution < 1.29 is 0 Å². The molecule has 0 heterocycles. The highest BCUT2D eigenvalue weighted by Gasteiger charge is 2.16. The van der Waals surface area contributed by atoms with E-state index < -0.39 is 0 Å². The zero-order valence-electron chi connectivity index (χ0n) is 11.8. The fraction of sp³-hybridized carbons (Fsp3) is 0.471. The predicted octanol–water partition coefficient (Wildman–Crippen LogP) is 5.23. The molecule has 1 atom stereocenters. The van der Waals surface area contributed by atoms with Crippen molar-refractivity contribution in [1.82, 2.24) is 0 Å². The number of hydrogen-bond acceptors (Lipinski definition) is 1. The molecule has 1 aliphatic rings. The lowest BCUT2D eigenvalue weighted by Crippen LogP contribution is -2.07. The topological polar surface area (TPSA) is 12.4 Å². The summed E-state index contributed by atoms with van der Waals surface area (Å²) in [7, 11) is 0. The summed E-state index contributed by atoms with van der Waals surface area (Å²) in [5, 5.41) is 0. The molecule has 0 amide bonds. The first-order chi connectivity index (χ1) is 8.66.